The molecule has 2 atom stereocenters. The van der Waals surface area contributed by atoms with E-state index in [4.69, 9.17) is 21.7 Å². The van der Waals surface area contributed by atoms with Crippen molar-refractivity contribution in [3.8, 4) is 22.5 Å². The lowest BCUT2D eigenvalue weighted by Crippen LogP contribution is -2.28. The number of nitrogens with one attached hydrogen (secondary N) is 2. The summed E-state index contributed by atoms with van der Waals surface area (Å²) in [5.74, 6) is 1.23. The number of thiazole rings is 2. The van der Waals surface area contributed by atoms with Gasteiger partial charge in [0.15, 0.2) is 21.6 Å². The van der Waals surface area contributed by atoms with E-state index in [1.165, 1.54) is 67.4 Å². The van der Waals surface area contributed by atoms with Crippen LogP contribution >= 0.6 is 22.7 Å². The molecule has 3 saturated carbocycles. The van der Waals surface area contributed by atoms with Gasteiger partial charge in [0.25, 0.3) is 11.8 Å². The van der Waals surface area contributed by atoms with Gasteiger partial charge in [-0.2, -0.15) is 10.2 Å². The number of nitrogens with zero attached hydrogens (tertiary/aromatic N) is 14. The summed E-state index contributed by atoms with van der Waals surface area (Å²) in [6, 6.07) is 15.7. The van der Waals surface area contributed by atoms with E-state index in [-0.39, 0.29) is 35.7 Å². The fourth-order valence-electron chi connectivity index (χ4n) is 10.8. The summed E-state index contributed by atoms with van der Waals surface area (Å²) in [5, 5.41) is 18.2. The molecule has 13 rings (SSSR count). The van der Waals surface area contributed by atoms with Crippen LogP contribution in [0.2, 0.25) is 0 Å². The topological polar surface area (TPSA) is 270 Å². The summed E-state index contributed by atoms with van der Waals surface area (Å²) in [6.45, 7) is 8.12. The number of nitrogens with two attached hydrogens (primary N) is 2. The Morgan fingerprint density at radius 2 is 1.06 bits per heavy atom. The molecule has 0 bridgehead atoms. The van der Waals surface area contributed by atoms with Crippen molar-refractivity contribution in [2.24, 2.45) is 0 Å². The number of hydrogen-bond donors (Lipinski definition) is 4. The molecule has 5 aliphatic rings. The molecule has 434 valence electrons. The zero-order chi connectivity index (χ0) is 58.2. The monoisotopic (exact) mass is 1170 g/mol. The molecule has 8 heterocycles. The molecule has 0 unspecified atom stereocenters. The second-order valence-corrected chi connectivity index (χ2v) is 24.9. The fraction of sp³-hybridized carbons (Fsp3) is 0.400. The molecule has 6 aromatic heterocycles. The second kappa shape index (κ2) is 24.1. The summed E-state index contributed by atoms with van der Waals surface area (Å²) >= 11 is 3.02. The summed E-state index contributed by atoms with van der Waals surface area (Å²) < 4.78 is 3.75. The molecule has 84 heavy (non-hydrogen) atoms. The van der Waals surface area contributed by atoms with Gasteiger partial charge < -0.3 is 21.3 Å². The van der Waals surface area contributed by atoms with Gasteiger partial charge in [-0.3, -0.25) is 39.6 Å². The number of fused-ring (bicyclic) bond motifs is 2. The fourth-order valence-corrected chi connectivity index (χ4v) is 12.6. The van der Waals surface area contributed by atoms with Crippen LogP contribution < -0.4 is 22.1 Å². The SMILES string of the molecule is CC(C)c1cnc(NC(=O)c2ccc(-c3nn([C@@H]4CCN(C(=O)/C=C/CN(C)C5CC5)C4)c4ncnc(N)c34)cc2)s1.CN(C/C=C/C(=O)N1CC[C@@H](n2nc(-c3ccc(C(=O)Nc4ncc(C5CC5)s4)cc3)c3c(N)ncnc32)C1)C1CC1. The minimum atomic E-state index is -0.228. The third kappa shape index (κ3) is 12.5. The first-order valence-corrected chi connectivity index (χ1v) is 30.4. The van der Waals surface area contributed by atoms with Gasteiger partial charge in [-0.05, 0) is 102 Å². The Bertz CT molecular complexity index is 3560. The first-order chi connectivity index (χ1) is 40.7. The largest absolute Gasteiger partial charge is 0.383 e. The van der Waals surface area contributed by atoms with Gasteiger partial charge in [0, 0.05) is 108 Å². The Kier molecular flexibility index (Phi) is 16.1. The summed E-state index contributed by atoms with van der Waals surface area (Å²) in [7, 11) is 4.20. The molecular weight excluding hydrogens is 1100 g/mol. The van der Waals surface area contributed by atoms with Gasteiger partial charge in [0.05, 0.1) is 22.9 Å². The highest BCUT2D eigenvalue weighted by Crippen LogP contribution is 2.44. The van der Waals surface area contributed by atoms with Crippen LogP contribution in [0, 0.1) is 0 Å². The maximum absolute atomic E-state index is 12.9. The Hall–Kier alpha value is -8.32. The minimum absolute atomic E-state index is 0.0135. The second-order valence-electron chi connectivity index (χ2n) is 22.7. The molecule has 6 N–H and O–H groups in total. The van der Waals surface area contributed by atoms with Gasteiger partial charge in [0.1, 0.15) is 35.7 Å². The van der Waals surface area contributed by atoms with Crippen LogP contribution in [0.1, 0.15) is 120 Å². The van der Waals surface area contributed by atoms with Crippen molar-refractivity contribution in [3.05, 3.63) is 119 Å². The van der Waals surface area contributed by atoms with Crippen LogP contribution in [0.15, 0.2) is 97.9 Å². The van der Waals surface area contributed by atoms with Crippen LogP contribution in [0.25, 0.3) is 44.6 Å². The normalized spacial score (nSPS) is 18.1. The van der Waals surface area contributed by atoms with Gasteiger partial charge in [-0.15, -0.1) is 22.7 Å². The van der Waals surface area contributed by atoms with Gasteiger partial charge in [0.2, 0.25) is 11.8 Å². The number of hydrogen-bond acceptors (Lipinski definition) is 18. The Balaban J connectivity index is 0.000000165. The maximum Gasteiger partial charge on any atom is 0.257 e. The van der Waals surface area contributed by atoms with Gasteiger partial charge in [-0.25, -0.2) is 39.3 Å². The van der Waals surface area contributed by atoms with E-state index in [2.05, 4.69) is 78.3 Å². The zero-order valence-corrected chi connectivity index (χ0v) is 49.1. The predicted octanol–water partition coefficient (Wildman–Crippen LogP) is 8.42. The number of nitrogen functional groups attached to an aromatic ring is 2. The lowest BCUT2D eigenvalue weighted by Gasteiger charge is -2.16. The molecule has 4 amide bonds. The van der Waals surface area contributed by atoms with E-state index in [1.54, 1.807) is 54.0 Å². The molecule has 2 aromatic carbocycles. The van der Waals surface area contributed by atoms with E-state index < -0.39 is 0 Å². The van der Waals surface area contributed by atoms with Crippen molar-refractivity contribution >= 4 is 90.3 Å². The van der Waals surface area contributed by atoms with Crippen molar-refractivity contribution in [1.82, 2.24) is 69.1 Å². The summed E-state index contributed by atoms with van der Waals surface area (Å²) in [5.41, 5.74) is 17.8. The quantitative estimate of drug-likeness (QED) is 0.0587. The third-order valence-corrected chi connectivity index (χ3v) is 18.5. The van der Waals surface area contributed by atoms with Crippen molar-refractivity contribution in [2.45, 2.75) is 101 Å². The Morgan fingerprint density at radius 1 is 0.607 bits per heavy atom. The molecular formula is C60H68N18O4S2. The number of anilines is 4. The van der Waals surface area contributed by atoms with Crippen LogP contribution in [-0.4, -0.2) is 158 Å². The molecule has 3 aliphatic carbocycles. The van der Waals surface area contributed by atoms with Crippen LogP contribution in [0.4, 0.5) is 21.9 Å². The first-order valence-electron chi connectivity index (χ1n) is 28.8. The zero-order valence-electron chi connectivity index (χ0n) is 47.5. The molecule has 22 nitrogen and oxygen atoms in total. The number of aromatic nitrogens is 10. The van der Waals surface area contributed by atoms with E-state index in [9.17, 15) is 19.2 Å². The smallest absolute Gasteiger partial charge is 0.257 e. The van der Waals surface area contributed by atoms with Crippen molar-refractivity contribution < 1.29 is 19.2 Å². The predicted molar refractivity (Wildman–Crippen MR) is 327 cm³/mol. The van der Waals surface area contributed by atoms with Crippen LogP contribution in [-0.2, 0) is 9.59 Å². The molecule has 2 saturated heterocycles. The average molecular weight is 1170 g/mol. The van der Waals surface area contributed by atoms with Crippen LogP contribution in [0.5, 0.6) is 0 Å². The maximum atomic E-state index is 12.9. The number of amides is 4. The minimum Gasteiger partial charge on any atom is -0.383 e. The number of likely N-dealkylation sites (tertiary alicyclic amines) is 2. The third-order valence-electron chi connectivity index (χ3n) is 16.2. The Morgan fingerprint density at radius 3 is 1.49 bits per heavy atom. The lowest BCUT2D eigenvalue weighted by molar-refractivity contribution is -0.125. The van der Waals surface area contributed by atoms with Crippen molar-refractivity contribution in [1.29, 1.82) is 0 Å². The highest BCUT2D eigenvalue weighted by atomic mass is 32.1. The van der Waals surface area contributed by atoms with Crippen LogP contribution in [0.3, 0.4) is 0 Å². The van der Waals surface area contributed by atoms with Crippen molar-refractivity contribution in [2.75, 3.05) is 75.5 Å². The molecule has 24 heteroatoms. The molecule has 0 radical (unpaired) electrons. The van der Waals surface area contributed by atoms with Gasteiger partial charge in [-0.1, -0.05) is 50.3 Å². The van der Waals surface area contributed by atoms with E-state index in [0.29, 0.717) is 117 Å². The van der Waals surface area contributed by atoms with E-state index >= 15 is 0 Å². The van der Waals surface area contributed by atoms with Crippen molar-refractivity contribution in [3.63, 3.8) is 0 Å². The highest BCUT2D eigenvalue weighted by Gasteiger charge is 2.33. The number of likely N-dealkylation sites (N-methyl/N-ethyl adjacent to an activating group) is 2. The highest BCUT2D eigenvalue weighted by molar-refractivity contribution is 7.16. The number of carbonyl (C=O) groups excluding carboxylic acids is 4. The number of benzene rings is 2. The number of rotatable bonds is 18. The Labute approximate surface area is 494 Å². The summed E-state index contributed by atoms with van der Waals surface area (Å²) in [4.78, 5) is 88.3. The molecule has 0 spiro atoms. The number of carbonyl (C=O) groups is 4. The molecule has 8 aromatic rings. The van der Waals surface area contributed by atoms with Gasteiger partial charge >= 0.3 is 0 Å². The standard InChI is InChI=1S/C30H33N9O2S.C30H35N9O2S/c1-37(21-10-11-21)13-2-3-24(40)38-14-12-22(16-38)39-28-25(27(31)33-17-34-28)26(36-39)19-6-8-20(9-7-19)29(41)35-30-32-15-23(42-30)18-4-5-18;1-18(2)23-15-32-30(42-23)35-29(41)20-8-6-19(7-9-20)26-25-27(31)33-17-34-28(25)39(36-26)22-12-14-38(16-22)24(40)5-4-13-37(3)21-10-11-21/h2-3,6-9,15,17-18,21-22H,4-5,10-14,16H2,1H3,(H2,31,33,34)(H,32,35,41);4-9,15,17-18,21-22H,10-14,16H2,1-3H3,(H2,31,33,34)(H,32,35,41)/b3-2+;5-4+/t2*22-/m11/s1. The van der Waals surface area contributed by atoms with E-state index in [0.717, 1.165) is 41.9 Å². The van der Waals surface area contributed by atoms with E-state index in [1.807, 2.05) is 61.8 Å². The average Bonchev–Trinajstić information content (AvgIpc) is 2.98. The first kappa shape index (κ1) is 56.2. The molecule has 2 aliphatic heterocycles. The summed E-state index contributed by atoms with van der Waals surface area (Å²) in [6.07, 6.45) is 22.7. The molecule has 5 fully saturated rings. The lowest BCUT2D eigenvalue weighted by atomic mass is 10.1.